The number of carbonyl (C=O) groups excluding carboxylic acids is 2. The van der Waals surface area contributed by atoms with Gasteiger partial charge in [-0.15, -0.1) is 0 Å². The van der Waals surface area contributed by atoms with Gasteiger partial charge in [-0.25, -0.2) is 8.42 Å². The van der Waals surface area contributed by atoms with Gasteiger partial charge in [-0.3, -0.25) is 13.9 Å². The number of anilines is 1. The molecule has 2 amide bonds. The monoisotopic (exact) mass is 613 g/mol. The molecule has 0 radical (unpaired) electrons. The molecule has 10 heteroatoms. The fourth-order valence-corrected chi connectivity index (χ4v) is 6.11. The van der Waals surface area contributed by atoms with Gasteiger partial charge in [0.2, 0.25) is 11.8 Å². The highest BCUT2D eigenvalue weighted by Gasteiger charge is 2.34. The van der Waals surface area contributed by atoms with Crippen molar-refractivity contribution in [2.45, 2.75) is 51.5 Å². The van der Waals surface area contributed by atoms with Crippen LogP contribution in [0.25, 0.3) is 0 Å². The minimum absolute atomic E-state index is 0.0143. The predicted molar refractivity (Wildman–Crippen MR) is 168 cm³/mol. The molecule has 0 aliphatic carbocycles. The summed E-state index contributed by atoms with van der Waals surface area (Å²) in [6, 6.07) is 19.8. The van der Waals surface area contributed by atoms with Gasteiger partial charge < -0.3 is 15.0 Å². The molecule has 0 aromatic heterocycles. The second kappa shape index (κ2) is 15.1. The van der Waals surface area contributed by atoms with Gasteiger partial charge in [0, 0.05) is 18.1 Å². The molecule has 1 atom stereocenters. The van der Waals surface area contributed by atoms with Gasteiger partial charge in [-0.2, -0.15) is 0 Å². The van der Waals surface area contributed by atoms with Crippen molar-refractivity contribution >= 4 is 39.1 Å². The fourth-order valence-electron chi connectivity index (χ4n) is 4.53. The third-order valence-electron chi connectivity index (χ3n) is 6.85. The molecular weight excluding hydrogens is 574 g/mol. The van der Waals surface area contributed by atoms with Crippen molar-refractivity contribution in [3.63, 3.8) is 0 Å². The Hall–Kier alpha value is -3.56. The van der Waals surface area contributed by atoms with Gasteiger partial charge in [-0.05, 0) is 61.6 Å². The van der Waals surface area contributed by atoms with Crippen molar-refractivity contribution in [1.29, 1.82) is 0 Å². The van der Waals surface area contributed by atoms with Crippen LogP contribution < -0.4 is 14.4 Å². The molecule has 0 heterocycles. The summed E-state index contributed by atoms with van der Waals surface area (Å²) in [7, 11) is -2.82. The molecule has 42 heavy (non-hydrogen) atoms. The largest absolute Gasteiger partial charge is 0.495 e. The average molecular weight is 614 g/mol. The Morgan fingerprint density at radius 1 is 1.00 bits per heavy atom. The predicted octanol–water partition coefficient (Wildman–Crippen LogP) is 5.47. The number of hydrogen-bond donors (Lipinski definition) is 1. The van der Waals surface area contributed by atoms with E-state index in [4.69, 9.17) is 16.3 Å². The maximum atomic E-state index is 14.2. The highest BCUT2D eigenvalue weighted by Crippen LogP contribution is 2.35. The Morgan fingerprint density at radius 3 is 2.26 bits per heavy atom. The number of nitrogens with one attached hydrogen (secondary N) is 1. The number of hydrogen-bond acceptors (Lipinski definition) is 5. The van der Waals surface area contributed by atoms with Crippen LogP contribution in [-0.2, 0) is 26.0 Å². The summed E-state index contributed by atoms with van der Waals surface area (Å²) in [5.74, 6) is -0.332. The molecule has 1 N–H and O–H groups in total. The van der Waals surface area contributed by atoms with Crippen LogP contribution in [0.4, 0.5) is 5.69 Å². The summed E-state index contributed by atoms with van der Waals surface area (Å²) >= 11 is 6.30. The summed E-state index contributed by atoms with van der Waals surface area (Å²) in [6.07, 6.45) is 0.849. The molecule has 0 saturated carbocycles. The van der Waals surface area contributed by atoms with Crippen LogP contribution in [0.1, 0.15) is 38.3 Å². The van der Waals surface area contributed by atoms with Crippen LogP contribution >= 0.6 is 11.6 Å². The Kier molecular flexibility index (Phi) is 11.8. The van der Waals surface area contributed by atoms with E-state index in [1.807, 2.05) is 58.0 Å². The maximum absolute atomic E-state index is 14.2. The first-order valence-corrected chi connectivity index (χ1v) is 15.8. The van der Waals surface area contributed by atoms with Crippen LogP contribution in [0.15, 0.2) is 77.7 Å². The van der Waals surface area contributed by atoms with Crippen LogP contribution in [0, 0.1) is 12.8 Å². The maximum Gasteiger partial charge on any atom is 0.264 e. The molecule has 3 aromatic rings. The third kappa shape index (κ3) is 8.49. The molecule has 8 nitrogen and oxygen atoms in total. The summed E-state index contributed by atoms with van der Waals surface area (Å²) < 4.78 is 34.7. The first-order valence-electron chi connectivity index (χ1n) is 14.0. The topological polar surface area (TPSA) is 96.0 Å². The first kappa shape index (κ1) is 32.9. The number of amides is 2. The van der Waals surface area contributed by atoms with Gasteiger partial charge in [0.15, 0.2) is 0 Å². The van der Waals surface area contributed by atoms with Gasteiger partial charge in [0.05, 0.1) is 17.7 Å². The third-order valence-corrected chi connectivity index (χ3v) is 8.86. The van der Waals surface area contributed by atoms with Crippen LogP contribution in [-0.4, -0.2) is 57.9 Å². The van der Waals surface area contributed by atoms with Crippen molar-refractivity contribution in [2.75, 3.05) is 31.0 Å². The number of carbonyl (C=O) groups is 2. The lowest BCUT2D eigenvalue weighted by atomic mass is 10.1. The highest BCUT2D eigenvalue weighted by molar-refractivity contribution is 7.92. The number of rotatable bonds is 14. The van der Waals surface area contributed by atoms with Gasteiger partial charge in [0.1, 0.15) is 18.3 Å². The zero-order valence-electron chi connectivity index (χ0n) is 24.8. The van der Waals surface area contributed by atoms with E-state index in [9.17, 15) is 18.0 Å². The van der Waals surface area contributed by atoms with Gasteiger partial charge in [0.25, 0.3) is 10.0 Å². The smallest absolute Gasteiger partial charge is 0.264 e. The highest BCUT2D eigenvalue weighted by atomic mass is 35.5. The Balaban J connectivity index is 2.06. The quantitative estimate of drug-likeness (QED) is 0.260. The lowest BCUT2D eigenvalue weighted by Gasteiger charge is -2.33. The van der Waals surface area contributed by atoms with Crippen molar-refractivity contribution in [3.8, 4) is 5.75 Å². The van der Waals surface area contributed by atoms with E-state index in [0.717, 1.165) is 15.4 Å². The summed E-state index contributed by atoms with van der Waals surface area (Å²) in [5.41, 5.74) is 2.01. The van der Waals surface area contributed by atoms with E-state index in [-0.39, 0.29) is 39.7 Å². The Bertz CT molecular complexity index is 1450. The number of benzene rings is 3. The summed E-state index contributed by atoms with van der Waals surface area (Å²) in [5, 5.41) is 3.22. The molecule has 0 bridgehead atoms. The van der Waals surface area contributed by atoms with Crippen LogP contribution in [0.5, 0.6) is 5.75 Å². The second-order valence-electron chi connectivity index (χ2n) is 10.5. The first-order chi connectivity index (χ1) is 20.0. The molecule has 0 saturated heterocycles. The normalized spacial score (nSPS) is 12.1. The van der Waals surface area contributed by atoms with E-state index in [0.29, 0.717) is 19.4 Å². The number of sulfonamides is 1. The Labute approximate surface area is 254 Å². The fraction of sp³-hybridized carbons (Fsp3) is 0.375. The molecule has 3 aromatic carbocycles. The molecular formula is C32H40ClN3O5S. The zero-order valence-corrected chi connectivity index (χ0v) is 26.4. The molecule has 0 spiro atoms. The number of nitrogens with zero attached hydrogens (tertiary/aromatic N) is 2. The molecule has 226 valence electrons. The van der Waals surface area contributed by atoms with E-state index in [1.54, 1.807) is 24.3 Å². The minimum atomic E-state index is -4.24. The van der Waals surface area contributed by atoms with Crippen molar-refractivity contribution < 1.29 is 22.7 Å². The molecule has 0 fully saturated rings. The lowest BCUT2D eigenvalue weighted by Crippen LogP contribution is -2.53. The zero-order chi connectivity index (χ0) is 30.9. The van der Waals surface area contributed by atoms with E-state index < -0.39 is 28.5 Å². The minimum Gasteiger partial charge on any atom is -0.495 e. The van der Waals surface area contributed by atoms with Crippen molar-refractivity contribution in [2.24, 2.45) is 5.92 Å². The number of halogens is 1. The van der Waals surface area contributed by atoms with Gasteiger partial charge in [-0.1, -0.05) is 80.4 Å². The number of ether oxygens (including phenoxy) is 1. The SMILES string of the molecule is CCC(C(=O)NCC(C)C)N(CCc1ccccc1)C(=O)CN(c1cc(Cl)ccc1OC)S(=O)(=O)c1ccc(C)cc1. The average Bonchev–Trinajstić information content (AvgIpc) is 2.97. The van der Waals surface area contributed by atoms with E-state index in [1.165, 1.54) is 30.2 Å². The Morgan fingerprint density at radius 2 is 1.67 bits per heavy atom. The second-order valence-corrected chi connectivity index (χ2v) is 12.8. The van der Waals surface area contributed by atoms with Crippen molar-refractivity contribution in [3.05, 3.63) is 88.9 Å². The molecule has 1 unspecified atom stereocenters. The standard InChI is InChI=1S/C32H40ClN3O5S/c1-6-28(32(38)34-21-23(2)3)35(19-18-25-10-8-7-9-11-25)31(37)22-36(29-20-26(33)14-17-30(29)41-5)42(39,40)27-15-12-24(4)13-16-27/h7-17,20,23,28H,6,18-19,21-22H2,1-5H3,(H,34,38). The molecule has 0 aliphatic heterocycles. The van der Waals surface area contributed by atoms with Crippen molar-refractivity contribution in [1.82, 2.24) is 10.2 Å². The van der Waals surface area contributed by atoms with E-state index >= 15 is 0 Å². The van der Waals surface area contributed by atoms with E-state index in [2.05, 4.69) is 5.32 Å². The van der Waals surface area contributed by atoms with Gasteiger partial charge >= 0.3 is 0 Å². The number of methoxy groups -OCH3 is 1. The summed E-state index contributed by atoms with van der Waals surface area (Å²) in [4.78, 5) is 29.0. The number of aryl methyl sites for hydroxylation is 1. The van der Waals surface area contributed by atoms with Crippen LogP contribution in [0.2, 0.25) is 5.02 Å². The lowest BCUT2D eigenvalue weighted by molar-refractivity contribution is -0.139. The molecule has 3 rings (SSSR count). The summed E-state index contributed by atoms with van der Waals surface area (Å²) in [6.45, 7) is 7.80. The molecule has 0 aliphatic rings. The van der Waals surface area contributed by atoms with Crippen LogP contribution in [0.3, 0.4) is 0 Å².